The summed E-state index contributed by atoms with van der Waals surface area (Å²) < 4.78 is 0. The van der Waals surface area contributed by atoms with E-state index in [9.17, 15) is 9.59 Å². The molecule has 0 heterocycles. The number of hydroxylamine groups is 1. The second-order valence-corrected chi connectivity index (χ2v) is 4.28. The van der Waals surface area contributed by atoms with Crippen molar-refractivity contribution in [2.24, 2.45) is 5.92 Å². The molecule has 6 heteroatoms. The molecule has 0 atom stereocenters. The minimum absolute atomic E-state index is 0.0778. The van der Waals surface area contributed by atoms with Crippen molar-refractivity contribution in [1.82, 2.24) is 10.4 Å². The monoisotopic (exact) mass is 230 g/mol. The lowest BCUT2D eigenvalue weighted by atomic mass is 10.3. The van der Waals surface area contributed by atoms with Crippen LogP contribution in [0.5, 0.6) is 0 Å². The maximum Gasteiger partial charge on any atom is 0.341 e. The molecule has 0 aromatic heterocycles. The molecule has 0 aromatic rings. The number of carboxylic acids is 1. The summed E-state index contributed by atoms with van der Waals surface area (Å²) in [5, 5.41) is 8.34. The number of amides is 2. The molecule has 1 saturated carbocycles. The molecule has 0 unspecified atom stereocenters. The summed E-state index contributed by atoms with van der Waals surface area (Å²) >= 11 is 0. The number of rotatable bonds is 6. The van der Waals surface area contributed by atoms with Crippen molar-refractivity contribution in [2.75, 3.05) is 13.2 Å². The van der Waals surface area contributed by atoms with Crippen LogP contribution in [-0.2, 0) is 9.63 Å². The summed E-state index contributed by atoms with van der Waals surface area (Å²) in [5.41, 5.74) is 2.13. The van der Waals surface area contributed by atoms with Gasteiger partial charge in [-0.05, 0) is 32.6 Å². The minimum Gasteiger partial charge on any atom is -0.479 e. The summed E-state index contributed by atoms with van der Waals surface area (Å²) in [6.07, 6.45) is 2.32. The Balaban J connectivity index is 2.31. The van der Waals surface area contributed by atoms with Crippen molar-refractivity contribution in [3.05, 3.63) is 0 Å². The normalized spacial score (nSPS) is 14.9. The van der Waals surface area contributed by atoms with Crippen molar-refractivity contribution in [2.45, 2.75) is 32.7 Å². The Kier molecular flexibility index (Phi) is 4.54. The third kappa shape index (κ3) is 4.48. The number of carbonyl (C=O) groups excluding carboxylic acids is 1. The fourth-order valence-corrected chi connectivity index (χ4v) is 1.33. The van der Waals surface area contributed by atoms with E-state index in [1.165, 1.54) is 0 Å². The van der Waals surface area contributed by atoms with Crippen molar-refractivity contribution < 1.29 is 19.5 Å². The molecule has 1 aliphatic carbocycles. The Labute approximate surface area is 94.5 Å². The minimum atomic E-state index is -1.11. The van der Waals surface area contributed by atoms with Gasteiger partial charge in [-0.2, -0.15) is 0 Å². The molecular weight excluding hydrogens is 212 g/mol. The highest BCUT2D eigenvalue weighted by Crippen LogP contribution is 2.30. The van der Waals surface area contributed by atoms with Gasteiger partial charge in [0.05, 0.1) is 0 Å². The lowest BCUT2D eigenvalue weighted by molar-refractivity contribution is -0.144. The molecule has 1 fully saturated rings. The van der Waals surface area contributed by atoms with Crippen LogP contribution in [0, 0.1) is 5.92 Å². The van der Waals surface area contributed by atoms with E-state index in [1.54, 1.807) is 4.90 Å². The lowest BCUT2D eigenvalue weighted by Gasteiger charge is -2.26. The Bertz CT molecular complexity index is 264. The molecule has 1 rings (SSSR count). The average Bonchev–Trinajstić information content (AvgIpc) is 2.96. The van der Waals surface area contributed by atoms with Crippen LogP contribution in [0.3, 0.4) is 0 Å². The van der Waals surface area contributed by atoms with Crippen LogP contribution in [0.15, 0.2) is 0 Å². The Morgan fingerprint density at radius 3 is 2.56 bits per heavy atom. The molecule has 0 spiro atoms. The summed E-state index contributed by atoms with van der Waals surface area (Å²) in [4.78, 5) is 28.0. The van der Waals surface area contributed by atoms with Gasteiger partial charge >= 0.3 is 12.0 Å². The molecule has 0 bridgehead atoms. The van der Waals surface area contributed by atoms with Crippen LogP contribution in [0.1, 0.15) is 26.7 Å². The third-order valence-corrected chi connectivity index (χ3v) is 2.39. The number of hydrogen-bond acceptors (Lipinski definition) is 3. The van der Waals surface area contributed by atoms with Crippen LogP contribution < -0.4 is 5.48 Å². The van der Waals surface area contributed by atoms with Crippen molar-refractivity contribution in [1.29, 1.82) is 0 Å². The number of hydrogen-bond donors (Lipinski definition) is 2. The molecule has 0 aliphatic heterocycles. The first-order valence-corrected chi connectivity index (χ1v) is 5.41. The SMILES string of the molecule is CC(C)N(CC1CC1)C(=O)NOCC(=O)O. The number of nitrogens with one attached hydrogen (secondary N) is 1. The Hall–Kier alpha value is -1.30. The highest BCUT2D eigenvalue weighted by molar-refractivity contribution is 5.74. The molecule has 2 amide bonds. The number of carboxylic acid groups (broad SMARTS) is 1. The van der Waals surface area contributed by atoms with E-state index in [1.807, 2.05) is 13.8 Å². The second-order valence-electron chi connectivity index (χ2n) is 4.28. The molecule has 92 valence electrons. The quantitative estimate of drug-likeness (QED) is 0.662. The lowest BCUT2D eigenvalue weighted by Crippen LogP contribution is -2.45. The van der Waals surface area contributed by atoms with E-state index in [4.69, 9.17) is 5.11 Å². The van der Waals surface area contributed by atoms with E-state index in [0.29, 0.717) is 12.5 Å². The van der Waals surface area contributed by atoms with Crippen LogP contribution in [-0.4, -0.2) is 41.2 Å². The Morgan fingerprint density at radius 2 is 2.12 bits per heavy atom. The van der Waals surface area contributed by atoms with Gasteiger partial charge in [0.25, 0.3) is 0 Å². The van der Waals surface area contributed by atoms with Gasteiger partial charge in [0.15, 0.2) is 6.61 Å². The summed E-state index contributed by atoms with van der Waals surface area (Å²) in [7, 11) is 0. The third-order valence-electron chi connectivity index (χ3n) is 2.39. The smallest absolute Gasteiger partial charge is 0.341 e. The van der Waals surface area contributed by atoms with Crippen LogP contribution >= 0.6 is 0 Å². The van der Waals surface area contributed by atoms with Gasteiger partial charge in [-0.3, -0.25) is 4.84 Å². The molecule has 0 radical (unpaired) electrons. The predicted molar refractivity (Wildman–Crippen MR) is 56.7 cm³/mol. The number of urea groups is 1. The van der Waals surface area contributed by atoms with Crippen molar-refractivity contribution in [3.8, 4) is 0 Å². The van der Waals surface area contributed by atoms with Gasteiger partial charge in [-0.1, -0.05) is 0 Å². The van der Waals surface area contributed by atoms with Gasteiger partial charge in [0, 0.05) is 12.6 Å². The van der Waals surface area contributed by atoms with Crippen LogP contribution in [0.4, 0.5) is 4.79 Å². The number of aliphatic carboxylic acids is 1. The van der Waals surface area contributed by atoms with E-state index in [0.717, 1.165) is 12.8 Å². The molecule has 1 aliphatic rings. The molecule has 2 N–H and O–H groups in total. The zero-order valence-corrected chi connectivity index (χ0v) is 9.60. The Morgan fingerprint density at radius 1 is 1.50 bits per heavy atom. The van der Waals surface area contributed by atoms with Gasteiger partial charge in [0.2, 0.25) is 0 Å². The highest BCUT2D eigenvalue weighted by atomic mass is 16.7. The maximum atomic E-state index is 11.6. The zero-order chi connectivity index (χ0) is 12.1. The van der Waals surface area contributed by atoms with Crippen molar-refractivity contribution in [3.63, 3.8) is 0 Å². The first kappa shape index (κ1) is 12.8. The van der Waals surface area contributed by atoms with Gasteiger partial charge in [0.1, 0.15) is 0 Å². The first-order valence-electron chi connectivity index (χ1n) is 5.41. The highest BCUT2D eigenvalue weighted by Gasteiger charge is 2.28. The van der Waals surface area contributed by atoms with E-state index in [2.05, 4.69) is 10.3 Å². The van der Waals surface area contributed by atoms with E-state index in [-0.39, 0.29) is 12.1 Å². The fraction of sp³-hybridized carbons (Fsp3) is 0.800. The molecular formula is C10H18N2O4. The maximum absolute atomic E-state index is 11.6. The van der Waals surface area contributed by atoms with Crippen LogP contribution in [0.2, 0.25) is 0 Å². The molecule has 0 aromatic carbocycles. The first-order chi connectivity index (χ1) is 7.50. The van der Waals surface area contributed by atoms with E-state index >= 15 is 0 Å². The van der Waals surface area contributed by atoms with Gasteiger partial charge in [-0.15, -0.1) is 0 Å². The van der Waals surface area contributed by atoms with Crippen LogP contribution in [0.25, 0.3) is 0 Å². The van der Waals surface area contributed by atoms with Crippen molar-refractivity contribution >= 4 is 12.0 Å². The topological polar surface area (TPSA) is 78.9 Å². The molecule has 6 nitrogen and oxygen atoms in total. The summed E-state index contributed by atoms with van der Waals surface area (Å²) in [6, 6.07) is -0.294. The summed E-state index contributed by atoms with van der Waals surface area (Å²) in [5.74, 6) is -0.522. The second kappa shape index (κ2) is 5.69. The standard InChI is InChI=1S/C10H18N2O4/c1-7(2)12(5-8-3-4-8)10(15)11-16-6-9(13)14/h7-8H,3-6H2,1-2H3,(H,11,15)(H,13,14). The number of carbonyl (C=O) groups is 2. The molecule has 16 heavy (non-hydrogen) atoms. The van der Waals surface area contributed by atoms with Gasteiger partial charge < -0.3 is 10.0 Å². The zero-order valence-electron chi connectivity index (χ0n) is 9.60. The summed E-state index contributed by atoms with van der Waals surface area (Å²) in [6.45, 7) is 4.01. The van der Waals surface area contributed by atoms with Gasteiger partial charge in [-0.25, -0.2) is 15.1 Å². The van der Waals surface area contributed by atoms with E-state index < -0.39 is 12.6 Å². The molecule has 0 saturated heterocycles. The number of nitrogens with zero attached hydrogens (tertiary/aromatic N) is 1. The predicted octanol–water partition coefficient (Wildman–Crippen LogP) is 0.833. The average molecular weight is 230 g/mol. The fourth-order valence-electron chi connectivity index (χ4n) is 1.33. The largest absolute Gasteiger partial charge is 0.479 e.